The number of quaternary nitrogens is 1. The van der Waals surface area contributed by atoms with Gasteiger partial charge in [-0.2, -0.15) is 0 Å². The van der Waals surface area contributed by atoms with E-state index in [1.165, 1.54) is 19.3 Å². The first-order chi connectivity index (χ1) is 13.2. The number of carbonyl (C=O) groups is 1. The largest absolute Gasteiger partial charge is 1.00 e. The summed E-state index contributed by atoms with van der Waals surface area (Å²) in [6, 6.07) is 0. The van der Waals surface area contributed by atoms with E-state index in [2.05, 4.69) is 18.0 Å². The molecule has 0 aromatic heterocycles. The van der Waals surface area contributed by atoms with E-state index in [0.717, 1.165) is 12.8 Å². The van der Waals surface area contributed by atoms with Crippen molar-refractivity contribution in [2.45, 2.75) is 58.0 Å². The maximum atomic E-state index is 12.7. The fourth-order valence-electron chi connectivity index (χ4n) is 3.58. The van der Waals surface area contributed by atoms with Gasteiger partial charge in [0, 0.05) is 6.42 Å². The zero-order chi connectivity index (χ0) is 21.0. The van der Waals surface area contributed by atoms with E-state index in [1.807, 2.05) is 6.08 Å². The minimum absolute atomic E-state index is 0. The Bertz CT molecular complexity index is 653. The van der Waals surface area contributed by atoms with E-state index in [4.69, 9.17) is 0 Å². The number of aliphatic hydroxyl groups excluding tert-OH is 2. The van der Waals surface area contributed by atoms with Crippen LogP contribution in [0.15, 0.2) is 17.1 Å². The molecule has 8 nitrogen and oxygen atoms in total. The molecular formula is C19H34N2NaO6S+. The Morgan fingerprint density at radius 2 is 1.97 bits per heavy atom. The van der Waals surface area contributed by atoms with Gasteiger partial charge in [0.1, 0.15) is 25.7 Å². The van der Waals surface area contributed by atoms with Crippen molar-refractivity contribution in [2.75, 3.05) is 38.5 Å². The molecule has 0 amide bonds. The number of hydrogen-bond donors (Lipinski definition) is 2. The summed E-state index contributed by atoms with van der Waals surface area (Å²) in [5.41, 5.74) is 0. The second-order valence-electron chi connectivity index (χ2n) is 7.36. The number of amidine groups is 1. The summed E-state index contributed by atoms with van der Waals surface area (Å²) in [6.07, 6.45) is 9.29. The average Bonchev–Trinajstić information content (AvgIpc) is 2.98. The number of aliphatic imine (C=N–C) groups is 1. The van der Waals surface area contributed by atoms with E-state index in [0.29, 0.717) is 19.5 Å². The molecule has 0 aromatic rings. The van der Waals surface area contributed by atoms with Gasteiger partial charge >= 0.3 is 29.6 Å². The predicted molar refractivity (Wildman–Crippen MR) is 107 cm³/mol. The van der Waals surface area contributed by atoms with Gasteiger partial charge in [-0.3, -0.25) is 9.28 Å². The molecule has 1 rings (SSSR count). The SMILES string of the molecule is CCCCCC/C=C/CCC(=O)C1=NCC[N+]1(CCO)CC(O)CS(=O)(=O)[O-].[Na+]. The van der Waals surface area contributed by atoms with Crippen molar-refractivity contribution < 1.29 is 62.0 Å². The Labute approximate surface area is 196 Å². The van der Waals surface area contributed by atoms with Gasteiger partial charge in [0.25, 0.3) is 5.84 Å². The molecular weight excluding hydrogens is 407 g/mol. The van der Waals surface area contributed by atoms with Crippen LogP contribution in [0.1, 0.15) is 51.9 Å². The van der Waals surface area contributed by atoms with Crippen molar-refractivity contribution in [2.24, 2.45) is 4.99 Å². The number of ketones is 1. The molecule has 0 spiro atoms. The van der Waals surface area contributed by atoms with Gasteiger partial charge in [-0.15, -0.1) is 0 Å². The quantitative estimate of drug-likeness (QED) is 0.0994. The summed E-state index contributed by atoms with van der Waals surface area (Å²) < 4.78 is 32.6. The number of nitrogens with zero attached hydrogens (tertiary/aromatic N) is 2. The first-order valence-corrected chi connectivity index (χ1v) is 11.6. The second-order valence-corrected chi connectivity index (χ2v) is 8.81. The molecule has 0 saturated heterocycles. The van der Waals surface area contributed by atoms with E-state index >= 15 is 0 Å². The van der Waals surface area contributed by atoms with Crippen molar-refractivity contribution in [3.63, 3.8) is 0 Å². The van der Waals surface area contributed by atoms with Gasteiger partial charge in [0.15, 0.2) is 0 Å². The normalized spacial score (nSPS) is 20.5. The number of Topliss-reactive ketones (excluding diaryl/α,β-unsaturated/α-hetero) is 1. The van der Waals surface area contributed by atoms with Crippen LogP contribution < -0.4 is 29.6 Å². The molecule has 2 unspecified atom stereocenters. The molecule has 0 aliphatic carbocycles. The zero-order valence-corrected chi connectivity index (χ0v) is 20.6. The molecule has 0 bridgehead atoms. The molecule has 2 atom stereocenters. The van der Waals surface area contributed by atoms with Crippen LogP contribution in [0, 0.1) is 0 Å². The summed E-state index contributed by atoms with van der Waals surface area (Å²) in [5, 5.41) is 19.4. The van der Waals surface area contributed by atoms with E-state index in [-0.39, 0.29) is 71.8 Å². The summed E-state index contributed by atoms with van der Waals surface area (Å²) in [7, 11) is -4.58. The van der Waals surface area contributed by atoms with Crippen molar-refractivity contribution in [1.82, 2.24) is 0 Å². The number of aliphatic hydroxyl groups is 2. The van der Waals surface area contributed by atoms with E-state index < -0.39 is 22.0 Å². The van der Waals surface area contributed by atoms with E-state index in [1.54, 1.807) is 0 Å². The standard InChI is InChI=1S/C19H34N2O6S.Na/c1-2-3-4-5-6-7-8-9-10-18(24)19-20-11-12-21(19,13-14-22)15-17(23)16-28(25,26)27;/h7-8,17,22-23H,2-6,9-16H2,1H3;/q;+1/b8-7+;. The third-order valence-corrected chi connectivity index (χ3v) is 5.70. The molecule has 162 valence electrons. The first-order valence-electron chi connectivity index (χ1n) is 10.1. The third-order valence-electron chi connectivity index (χ3n) is 4.90. The van der Waals surface area contributed by atoms with Crippen molar-refractivity contribution in [3.8, 4) is 0 Å². The zero-order valence-electron chi connectivity index (χ0n) is 17.8. The summed E-state index contributed by atoms with van der Waals surface area (Å²) in [4.78, 5) is 16.9. The monoisotopic (exact) mass is 441 g/mol. The van der Waals surface area contributed by atoms with Gasteiger partial charge in [-0.05, 0) is 19.3 Å². The molecule has 1 heterocycles. The molecule has 1 aliphatic heterocycles. The summed E-state index contributed by atoms with van der Waals surface area (Å²) >= 11 is 0. The fraction of sp³-hybridized carbons (Fsp3) is 0.789. The molecule has 0 fully saturated rings. The third kappa shape index (κ3) is 11.2. The van der Waals surface area contributed by atoms with Crippen LogP contribution >= 0.6 is 0 Å². The number of allylic oxidation sites excluding steroid dienone is 2. The van der Waals surface area contributed by atoms with Crippen LogP contribution in [-0.2, 0) is 14.9 Å². The number of rotatable bonds is 15. The Kier molecular flexibility index (Phi) is 14.7. The maximum absolute atomic E-state index is 12.7. The first kappa shape index (κ1) is 28.9. The fourth-order valence-corrected chi connectivity index (χ4v) is 4.15. The van der Waals surface area contributed by atoms with Gasteiger partial charge in [0.2, 0.25) is 5.78 Å². The van der Waals surface area contributed by atoms with Crippen LogP contribution in [0.5, 0.6) is 0 Å². The molecule has 0 aromatic carbocycles. The minimum Gasteiger partial charge on any atom is -0.748 e. The molecule has 29 heavy (non-hydrogen) atoms. The van der Waals surface area contributed by atoms with Crippen LogP contribution in [0.3, 0.4) is 0 Å². The van der Waals surface area contributed by atoms with Gasteiger partial charge < -0.3 is 14.8 Å². The Morgan fingerprint density at radius 3 is 2.59 bits per heavy atom. The Balaban J connectivity index is 0.00000784. The Morgan fingerprint density at radius 1 is 1.28 bits per heavy atom. The molecule has 0 saturated carbocycles. The van der Waals surface area contributed by atoms with Crippen LogP contribution in [0.25, 0.3) is 0 Å². The van der Waals surface area contributed by atoms with Crippen LogP contribution in [0.4, 0.5) is 0 Å². The summed E-state index contributed by atoms with van der Waals surface area (Å²) in [5.74, 6) is -0.827. The summed E-state index contributed by atoms with van der Waals surface area (Å²) in [6.45, 7) is 2.71. The van der Waals surface area contributed by atoms with Crippen LogP contribution in [-0.4, -0.2) is 83.9 Å². The Hall–Kier alpha value is -0.130. The van der Waals surface area contributed by atoms with Gasteiger partial charge in [-0.1, -0.05) is 38.3 Å². The molecule has 10 heteroatoms. The van der Waals surface area contributed by atoms with Crippen molar-refractivity contribution >= 4 is 21.7 Å². The maximum Gasteiger partial charge on any atom is 1.00 e. The smallest absolute Gasteiger partial charge is 0.748 e. The van der Waals surface area contributed by atoms with E-state index in [9.17, 15) is 28.0 Å². The number of unbranched alkanes of at least 4 members (excludes halogenated alkanes) is 4. The van der Waals surface area contributed by atoms with Crippen molar-refractivity contribution in [1.29, 1.82) is 0 Å². The minimum atomic E-state index is -4.58. The van der Waals surface area contributed by atoms with Gasteiger partial charge in [-0.25, -0.2) is 13.4 Å². The average molecular weight is 442 g/mol. The number of hydrogen-bond acceptors (Lipinski definition) is 7. The topological polar surface area (TPSA) is 127 Å². The van der Waals surface area contributed by atoms with Gasteiger partial charge in [0.05, 0.1) is 29.0 Å². The van der Waals surface area contributed by atoms with Crippen molar-refractivity contribution in [3.05, 3.63) is 12.2 Å². The second kappa shape index (κ2) is 14.8. The van der Waals surface area contributed by atoms with Crippen LogP contribution in [0.2, 0.25) is 0 Å². The number of carbonyl (C=O) groups excluding carboxylic acids is 1. The molecule has 0 radical (unpaired) electrons. The molecule has 1 aliphatic rings. The predicted octanol–water partition coefficient (Wildman–Crippen LogP) is -2.01. The molecule has 2 N–H and O–H groups in total.